The van der Waals surface area contributed by atoms with Gasteiger partial charge in [-0.05, 0) is 44.3 Å². The summed E-state index contributed by atoms with van der Waals surface area (Å²) in [7, 11) is 1.88. The Morgan fingerprint density at radius 3 is 2.84 bits per heavy atom. The highest BCUT2D eigenvalue weighted by molar-refractivity contribution is 7.97. The summed E-state index contributed by atoms with van der Waals surface area (Å²) in [5.41, 5.74) is 1.46. The van der Waals surface area contributed by atoms with Gasteiger partial charge in [-0.2, -0.15) is 0 Å². The Labute approximate surface area is 156 Å². The SMILES string of the molecule is CCC(C)OC1=C(C(=O)Nc2ncc(C)s2)N(C)Sc2ccccc21. The lowest BCUT2D eigenvalue weighted by molar-refractivity contribution is -0.113. The lowest BCUT2D eigenvalue weighted by Crippen LogP contribution is -2.28. The van der Waals surface area contributed by atoms with E-state index in [0.29, 0.717) is 16.6 Å². The third-order valence-corrected chi connectivity index (χ3v) is 5.69. The van der Waals surface area contributed by atoms with Crippen molar-refractivity contribution in [3.8, 4) is 0 Å². The van der Waals surface area contributed by atoms with Gasteiger partial charge < -0.3 is 9.04 Å². The average Bonchev–Trinajstić information content (AvgIpc) is 2.99. The van der Waals surface area contributed by atoms with E-state index in [0.717, 1.165) is 21.8 Å². The minimum Gasteiger partial charge on any atom is -0.488 e. The number of ether oxygens (including phenoxy) is 1. The molecule has 5 nitrogen and oxygen atoms in total. The number of anilines is 1. The second-order valence-electron chi connectivity index (χ2n) is 5.83. The highest BCUT2D eigenvalue weighted by Crippen LogP contribution is 2.41. The van der Waals surface area contributed by atoms with Crippen LogP contribution in [0.5, 0.6) is 0 Å². The number of likely N-dealkylation sites (N-methyl/N-ethyl adjacent to an activating group) is 1. The summed E-state index contributed by atoms with van der Waals surface area (Å²) < 4.78 is 8.02. The molecule has 0 radical (unpaired) electrons. The van der Waals surface area contributed by atoms with E-state index < -0.39 is 0 Å². The molecule has 2 aromatic rings. The number of nitrogens with one attached hydrogen (secondary N) is 1. The number of hydrogen-bond acceptors (Lipinski definition) is 6. The number of nitrogens with zero attached hydrogens (tertiary/aromatic N) is 2. The van der Waals surface area contributed by atoms with Crippen molar-refractivity contribution in [2.45, 2.75) is 38.2 Å². The van der Waals surface area contributed by atoms with Gasteiger partial charge in [0.05, 0.1) is 6.10 Å². The third-order valence-electron chi connectivity index (χ3n) is 3.85. The number of aryl methyl sites for hydroxylation is 1. The smallest absolute Gasteiger partial charge is 0.278 e. The summed E-state index contributed by atoms with van der Waals surface area (Å²) in [6.07, 6.45) is 2.63. The number of amides is 1. The van der Waals surface area contributed by atoms with Crippen molar-refractivity contribution in [1.82, 2.24) is 9.29 Å². The summed E-state index contributed by atoms with van der Waals surface area (Å²) in [5, 5.41) is 3.48. The Morgan fingerprint density at radius 1 is 1.40 bits per heavy atom. The van der Waals surface area contributed by atoms with E-state index in [9.17, 15) is 4.79 Å². The van der Waals surface area contributed by atoms with Crippen LogP contribution in [0.3, 0.4) is 0 Å². The zero-order chi connectivity index (χ0) is 18.0. The molecule has 0 bridgehead atoms. The minimum absolute atomic E-state index is 0.0180. The predicted molar refractivity (Wildman–Crippen MR) is 103 cm³/mol. The van der Waals surface area contributed by atoms with Gasteiger partial charge in [-0.1, -0.05) is 19.1 Å². The number of fused-ring (bicyclic) bond motifs is 1. The van der Waals surface area contributed by atoms with Crippen molar-refractivity contribution in [2.75, 3.05) is 12.4 Å². The number of aromatic nitrogens is 1. The quantitative estimate of drug-likeness (QED) is 0.778. The van der Waals surface area contributed by atoms with Gasteiger partial charge in [-0.3, -0.25) is 10.1 Å². The van der Waals surface area contributed by atoms with Crippen molar-refractivity contribution in [3.63, 3.8) is 0 Å². The van der Waals surface area contributed by atoms with Gasteiger partial charge in [0.25, 0.3) is 5.91 Å². The Balaban J connectivity index is 2.01. The van der Waals surface area contributed by atoms with Crippen LogP contribution in [0.15, 0.2) is 41.1 Å². The minimum atomic E-state index is -0.211. The molecule has 0 saturated heterocycles. The van der Waals surface area contributed by atoms with Gasteiger partial charge in [0.15, 0.2) is 16.6 Å². The monoisotopic (exact) mass is 375 g/mol. The van der Waals surface area contributed by atoms with Crippen LogP contribution < -0.4 is 5.32 Å². The maximum absolute atomic E-state index is 12.9. The van der Waals surface area contributed by atoms with Crippen LogP contribution in [0.25, 0.3) is 5.76 Å². The summed E-state index contributed by atoms with van der Waals surface area (Å²) in [4.78, 5) is 19.3. The first-order chi connectivity index (χ1) is 12.0. The van der Waals surface area contributed by atoms with Crippen molar-refractivity contribution < 1.29 is 9.53 Å². The Kier molecular flexibility index (Phi) is 5.34. The first-order valence-corrected chi connectivity index (χ1v) is 9.74. The maximum atomic E-state index is 12.9. The van der Waals surface area contributed by atoms with Gasteiger partial charge in [0, 0.05) is 28.6 Å². The van der Waals surface area contributed by atoms with Gasteiger partial charge in [-0.25, -0.2) is 4.98 Å². The summed E-state index contributed by atoms with van der Waals surface area (Å²) in [5.74, 6) is 0.411. The Hall–Kier alpha value is -1.99. The highest BCUT2D eigenvalue weighted by Gasteiger charge is 2.31. The molecule has 1 atom stereocenters. The molecule has 0 aliphatic carbocycles. The van der Waals surface area contributed by atoms with Crippen LogP contribution in [0.4, 0.5) is 5.13 Å². The number of carbonyl (C=O) groups is 1. The van der Waals surface area contributed by atoms with Crippen molar-refractivity contribution in [1.29, 1.82) is 0 Å². The molecule has 1 aliphatic heterocycles. The third kappa shape index (κ3) is 3.82. The second-order valence-corrected chi connectivity index (χ2v) is 8.23. The number of rotatable bonds is 5. The predicted octanol–water partition coefficient (Wildman–Crippen LogP) is 4.53. The van der Waals surface area contributed by atoms with E-state index in [4.69, 9.17) is 4.74 Å². The van der Waals surface area contributed by atoms with E-state index in [2.05, 4.69) is 17.2 Å². The topological polar surface area (TPSA) is 54.5 Å². The number of carbonyl (C=O) groups excluding carboxylic acids is 1. The molecule has 0 spiro atoms. The number of benzene rings is 1. The summed E-state index contributed by atoms with van der Waals surface area (Å²) >= 11 is 2.97. The van der Waals surface area contributed by atoms with Gasteiger partial charge >= 0.3 is 0 Å². The molecule has 1 aromatic carbocycles. The Morgan fingerprint density at radius 2 is 2.16 bits per heavy atom. The molecule has 1 N–H and O–H groups in total. The zero-order valence-electron chi connectivity index (χ0n) is 14.7. The summed E-state index contributed by atoms with van der Waals surface area (Å²) in [6, 6.07) is 7.98. The van der Waals surface area contributed by atoms with Crippen LogP contribution >= 0.6 is 23.3 Å². The van der Waals surface area contributed by atoms with E-state index in [1.165, 1.54) is 23.3 Å². The lowest BCUT2D eigenvalue weighted by atomic mass is 10.1. The number of hydrogen-bond donors (Lipinski definition) is 1. The molecule has 1 aromatic heterocycles. The van der Waals surface area contributed by atoms with Crippen LogP contribution in [0.1, 0.15) is 30.7 Å². The highest BCUT2D eigenvalue weighted by atomic mass is 32.2. The normalized spacial score (nSPS) is 15.0. The molecule has 1 unspecified atom stereocenters. The van der Waals surface area contributed by atoms with E-state index in [1.54, 1.807) is 6.20 Å². The molecule has 0 fully saturated rings. The first-order valence-electron chi connectivity index (χ1n) is 8.15. The molecule has 1 aliphatic rings. The molecular formula is C18H21N3O2S2. The Bertz CT molecular complexity index is 816. The second kappa shape index (κ2) is 7.49. The zero-order valence-corrected chi connectivity index (χ0v) is 16.3. The molecule has 25 heavy (non-hydrogen) atoms. The fourth-order valence-electron chi connectivity index (χ4n) is 2.42. The molecule has 7 heteroatoms. The van der Waals surface area contributed by atoms with Gasteiger partial charge in [0.1, 0.15) is 0 Å². The molecule has 1 amide bonds. The molecular weight excluding hydrogens is 354 g/mol. The van der Waals surface area contributed by atoms with Crippen LogP contribution in [0.2, 0.25) is 0 Å². The van der Waals surface area contributed by atoms with Crippen LogP contribution in [-0.4, -0.2) is 28.3 Å². The fraction of sp³-hybridized carbons (Fsp3) is 0.333. The molecule has 3 rings (SSSR count). The largest absolute Gasteiger partial charge is 0.488 e. The molecule has 0 saturated carbocycles. The molecule has 2 heterocycles. The van der Waals surface area contributed by atoms with Crippen LogP contribution in [-0.2, 0) is 9.53 Å². The van der Waals surface area contributed by atoms with Crippen LogP contribution in [0, 0.1) is 6.92 Å². The van der Waals surface area contributed by atoms with Crippen molar-refractivity contribution >= 4 is 40.1 Å². The van der Waals surface area contributed by atoms with Gasteiger partial charge in [-0.15, -0.1) is 11.3 Å². The van der Waals surface area contributed by atoms with Crippen molar-refractivity contribution in [2.24, 2.45) is 0 Å². The fourth-order valence-corrected chi connectivity index (χ4v) is 4.03. The van der Waals surface area contributed by atoms with Gasteiger partial charge in [0.2, 0.25) is 0 Å². The van der Waals surface area contributed by atoms with E-state index >= 15 is 0 Å². The lowest BCUT2D eigenvalue weighted by Gasteiger charge is -2.30. The molecule has 132 valence electrons. The first kappa shape index (κ1) is 17.8. The number of thiazole rings is 1. The maximum Gasteiger partial charge on any atom is 0.278 e. The van der Waals surface area contributed by atoms with E-state index in [1.807, 2.05) is 49.5 Å². The van der Waals surface area contributed by atoms with E-state index in [-0.39, 0.29) is 12.0 Å². The summed E-state index contributed by atoms with van der Waals surface area (Å²) in [6.45, 7) is 6.04. The average molecular weight is 376 g/mol. The standard InChI is InChI=1S/C18H21N3O2S2/c1-5-11(2)23-16-13-8-6-7-9-14(13)25-21(4)15(16)17(22)20-18-19-10-12(3)24-18/h6-11H,5H2,1-4H3,(H,19,20,22). The van der Waals surface area contributed by atoms with Crippen molar-refractivity contribution in [3.05, 3.63) is 46.6 Å².